The van der Waals surface area contributed by atoms with Gasteiger partial charge in [-0.25, -0.2) is 0 Å². The van der Waals surface area contributed by atoms with Crippen molar-refractivity contribution in [3.8, 4) is 5.75 Å². The molecule has 0 atom stereocenters. The Bertz CT molecular complexity index is 1130. The summed E-state index contributed by atoms with van der Waals surface area (Å²) >= 11 is 1.71. The summed E-state index contributed by atoms with van der Waals surface area (Å²) in [6.07, 6.45) is 0.841. The van der Waals surface area contributed by atoms with Crippen LogP contribution >= 0.6 is 11.3 Å². The highest BCUT2D eigenvalue weighted by atomic mass is 32.1. The van der Waals surface area contributed by atoms with Crippen molar-refractivity contribution in [3.63, 3.8) is 0 Å². The van der Waals surface area contributed by atoms with Gasteiger partial charge >= 0.3 is 0 Å². The minimum absolute atomic E-state index is 0.0292. The summed E-state index contributed by atoms with van der Waals surface area (Å²) in [5, 5.41) is 2.09. The normalized spacial score (nSPS) is 10.9. The molecule has 0 radical (unpaired) electrons. The molecular formula is C29H29NO2S. The first-order valence-electron chi connectivity index (χ1n) is 11.2. The average Bonchev–Trinajstić information content (AvgIpc) is 3.28. The monoisotopic (exact) mass is 455 g/mol. The molecule has 0 saturated carbocycles. The zero-order chi connectivity index (χ0) is 23.0. The van der Waals surface area contributed by atoms with Crippen molar-refractivity contribution in [2.24, 2.45) is 0 Å². The minimum Gasteiger partial charge on any atom is -0.497 e. The Kier molecular flexibility index (Phi) is 7.59. The molecule has 4 rings (SSSR count). The summed E-state index contributed by atoms with van der Waals surface area (Å²) < 4.78 is 5.35. The van der Waals surface area contributed by atoms with E-state index in [4.69, 9.17) is 4.74 Å². The lowest BCUT2D eigenvalue weighted by atomic mass is 9.88. The van der Waals surface area contributed by atoms with Crippen molar-refractivity contribution in [1.82, 2.24) is 4.90 Å². The number of thiophene rings is 1. The number of aryl methyl sites for hydroxylation is 1. The Morgan fingerprint density at radius 3 is 2.15 bits per heavy atom. The number of amides is 1. The van der Waals surface area contributed by atoms with Crippen LogP contribution in [-0.2, 0) is 6.54 Å². The van der Waals surface area contributed by atoms with E-state index >= 15 is 0 Å². The molecule has 0 bridgehead atoms. The highest BCUT2D eigenvalue weighted by Gasteiger charge is 2.21. The summed E-state index contributed by atoms with van der Waals surface area (Å²) in [5.41, 5.74) is 4.42. The maximum Gasteiger partial charge on any atom is 0.254 e. The van der Waals surface area contributed by atoms with E-state index in [0.717, 1.165) is 6.42 Å². The van der Waals surface area contributed by atoms with Crippen molar-refractivity contribution in [1.29, 1.82) is 0 Å². The molecule has 0 fully saturated rings. The molecule has 0 aliphatic heterocycles. The van der Waals surface area contributed by atoms with Gasteiger partial charge in [0.05, 0.1) is 13.7 Å². The minimum atomic E-state index is 0.0292. The molecule has 0 unspecified atom stereocenters. The molecule has 0 aliphatic rings. The fourth-order valence-electron chi connectivity index (χ4n) is 4.11. The number of methoxy groups -OCH3 is 1. The van der Waals surface area contributed by atoms with E-state index in [1.165, 1.54) is 21.6 Å². The van der Waals surface area contributed by atoms with Crippen LogP contribution in [-0.4, -0.2) is 24.5 Å². The van der Waals surface area contributed by atoms with Crippen LogP contribution in [0.1, 0.15) is 44.3 Å². The summed E-state index contributed by atoms with van der Waals surface area (Å²) in [6, 6.07) is 30.7. The fourth-order valence-corrected chi connectivity index (χ4v) is 5.03. The van der Waals surface area contributed by atoms with Crippen molar-refractivity contribution in [3.05, 3.63) is 124 Å². The van der Waals surface area contributed by atoms with E-state index in [-0.39, 0.29) is 11.8 Å². The Morgan fingerprint density at radius 2 is 1.58 bits per heavy atom. The molecule has 1 amide bonds. The SMILES string of the molecule is COc1cccc(C(=O)N(CCC(c2ccccc2)c2ccccc2)Cc2sccc2C)c1. The van der Waals surface area contributed by atoms with Crippen molar-refractivity contribution < 1.29 is 9.53 Å². The van der Waals surface area contributed by atoms with Gasteiger partial charge in [-0.05, 0) is 59.7 Å². The number of nitrogens with zero attached hydrogens (tertiary/aromatic N) is 1. The summed E-state index contributed by atoms with van der Waals surface area (Å²) in [4.78, 5) is 16.8. The molecule has 0 N–H and O–H groups in total. The first-order chi connectivity index (χ1) is 16.2. The standard InChI is InChI=1S/C29H29NO2S/c1-22-17-19-33-28(22)21-30(29(31)25-14-9-15-26(20-25)32-2)18-16-27(23-10-5-3-6-11-23)24-12-7-4-8-13-24/h3-15,17,19-20,27H,16,18,21H2,1-2H3. The van der Waals surface area contributed by atoms with Gasteiger partial charge in [0, 0.05) is 22.9 Å². The van der Waals surface area contributed by atoms with E-state index in [2.05, 4.69) is 66.9 Å². The number of rotatable bonds is 9. The van der Waals surface area contributed by atoms with Gasteiger partial charge in [-0.15, -0.1) is 11.3 Å². The number of hydrogen-bond donors (Lipinski definition) is 0. The van der Waals surface area contributed by atoms with Gasteiger partial charge in [0.15, 0.2) is 0 Å². The number of hydrogen-bond acceptors (Lipinski definition) is 3. The van der Waals surface area contributed by atoms with Crippen LogP contribution in [0.4, 0.5) is 0 Å². The third-order valence-corrected chi connectivity index (χ3v) is 7.01. The van der Waals surface area contributed by atoms with Gasteiger partial charge in [0.1, 0.15) is 5.75 Å². The maximum atomic E-state index is 13.6. The van der Waals surface area contributed by atoms with E-state index in [1.807, 2.05) is 41.3 Å². The maximum absolute atomic E-state index is 13.6. The van der Waals surface area contributed by atoms with Crippen LogP contribution in [0.25, 0.3) is 0 Å². The summed E-state index contributed by atoms with van der Waals surface area (Å²) in [6.45, 7) is 3.37. The third kappa shape index (κ3) is 5.71. The quantitative estimate of drug-likeness (QED) is 0.274. The molecule has 3 nitrogen and oxygen atoms in total. The van der Waals surface area contributed by atoms with Crippen LogP contribution in [0.3, 0.4) is 0 Å². The molecule has 0 aliphatic carbocycles. The van der Waals surface area contributed by atoms with Gasteiger partial charge in [0.25, 0.3) is 5.91 Å². The van der Waals surface area contributed by atoms with Gasteiger partial charge in [-0.1, -0.05) is 66.7 Å². The summed E-state index contributed by atoms with van der Waals surface area (Å²) in [5.74, 6) is 0.943. The fraction of sp³-hybridized carbons (Fsp3) is 0.207. The van der Waals surface area contributed by atoms with Gasteiger partial charge in [0.2, 0.25) is 0 Å². The van der Waals surface area contributed by atoms with E-state index < -0.39 is 0 Å². The Morgan fingerprint density at radius 1 is 0.909 bits per heavy atom. The first-order valence-corrected chi connectivity index (χ1v) is 12.1. The Balaban J connectivity index is 1.62. The second-order valence-electron chi connectivity index (χ2n) is 8.15. The topological polar surface area (TPSA) is 29.5 Å². The zero-order valence-electron chi connectivity index (χ0n) is 19.1. The molecular weight excluding hydrogens is 426 g/mol. The zero-order valence-corrected chi connectivity index (χ0v) is 19.9. The number of carbonyl (C=O) groups is 1. The second-order valence-corrected chi connectivity index (χ2v) is 9.15. The van der Waals surface area contributed by atoms with Crippen LogP contribution < -0.4 is 4.74 Å². The Labute approximate surface area is 200 Å². The molecule has 4 aromatic rings. The Hall–Kier alpha value is -3.37. The molecule has 0 spiro atoms. The molecule has 1 aromatic heterocycles. The molecule has 3 aromatic carbocycles. The lowest BCUT2D eigenvalue weighted by molar-refractivity contribution is 0.0740. The van der Waals surface area contributed by atoms with Crippen molar-refractivity contribution in [2.45, 2.75) is 25.8 Å². The van der Waals surface area contributed by atoms with Crippen LogP contribution in [0.2, 0.25) is 0 Å². The molecule has 0 saturated heterocycles. The lowest BCUT2D eigenvalue weighted by Gasteiger charge is -2.26. The van der Waals surface area contributed by atoms with Gasteiger partial charge in [-0.3, -0.25) is 4.79 Å². The smallest absolute Gasteiger partial charge is 0.254 e. The predicted octanol–water partition coefficient (Wildman–Crippen LogP) is 6.93. The van der Waals surface area contributed by atoms with Gasteiger partial charge < -0.3 is 9.64 Å². The van der Waals surface area contributed by atoms with Crippen molar-refractivity contribution in [2.75, 3.05) is 13.7 Å². The highest BCUT2D eigenvalue weighted by Crippen LogP contribution is 2.29. The van der Waals surface area contributed by atoms with E-state index in [1.54, 1.807) is 18.4 Å². The summed E-state index contributed by atoms with van der Waals surface area (Å²) in [7, 11) is 1.63. The van der Waals surface area contributed by atoms with Crippen LogP contribution in [0.15, 0.2) is 96.4 Å². The largest absolute Gasteiger partial charge is 0.497 e. The molecule has 1 heterocycles. The second kappa shape index (κ2) is 11.0. The number of ether oxygens (including phenoxy) is 1. The van der Waals surface area contributed by atoms with Gasteiger partial charge in [-0.2, -0.15) is 0 Å². The van der Waals surface area contributed by atoms with Crippen molar-refractivity contribution >= 4 is 17.2 Å². The highest BCUT2D eigenvalue weighted by molar-refractivity contribution is 7.10. The number of carbonyl (C=O) groups excluding carboxylic acids is 1. The van der Waals surface area contributed by atoms with E-state index in [9.17, 15) is 4.79 Å². The third-order valence-electron chi connectivity index (χ3n) is 6.00. The predicted molar refractivity (Wildman–Crippen MR) is 136 cm³/mol. The first kappa shape index (κ1) is 22.8. The molecule has 168 valence electrons. The number of benzene rings is 3. The molecule has 33 heavy (non-hydrogen) atoms. The van der Waals surface area contributed by atoms with Crippen LogP contribution in [0, 0.1) is 6.92 Å². The van der Waals surface area contributed by atoms with E-state index in [0.29, 0.717) is 24.4 Å². The van der Waals surface area contributed by atoms with Crippen LogP contribution in [0.5, 0.6) is 5.75 Å². The lowest BCUT2D eigenvalue weighted by Crippen LogP contribution is -2.32. The molecule has 4 heteroatoms. The average molecular weight is 456 g/mol.